The highest BCUT2D eigenvalue weighted by atomic mass is 16.5. The van der Waals surface area contributed by atoms with Crippen molar-refractivity contribution in [3.8, 4) is 28.7 Å². The quantitative estimate of drug-likeness (QED) is 0.123. The van der Waals surface area contributed by atoms with Crippen molar-refractivity contribution in [2.24, 2.45) is 0 Å². The van der Waals surface area contributed by atoms with E-state index in [9.17, 15) is 9.59 Å². The summed E-state index contributed by atoms with van der Waals surface area (Å²) in [6, 6.07) is 25.5. The predicted octanol–water partition coefficient (Wildman–Crippen LogP) is 5.43. The van der Waals surface area contributed by atoms with Crippen LogP contribution in [0.4, 0.5) is 0 Å². The van der Waals surface area contributed by atoms with Crippen LogP contribution in [0.1, 0.15) is 39.0 Å². The van der Waals surface area contributed by atoms with Gasteiger partial charge in [0.1, 0.15) is 23.1 Å². The zero-order valence-corrected chi connectivity index (χ0v) is 27.1. The van der Waals surface area contributed by atoms with E-state index >= 15 is 0 Å². The first-order valence-electron chi connectivity index (χ1n) is 15.2. The molecule has 0 spiro atoms. The minimum absolute atomic E-state index is 0.116. The molecule has 0 aliphatic carbocycles. The molecule has 5 aromatic rings. The summed E-state index contributed by atoms with van der Waals surface area (Å²) in [6.45, 7) is 12.2. The van der Waals surface area contributed by atoms with Crippen molar-refractivity contribution >= 4 is 28.2 Å². The molecule has 242 valence electrons. The highest BCUT2D eigenvalue weighted by molar-refractivity contribution is 6.10. The number of para-hydroxylation sites is 1. The minimum atomic E-state index is -0.352. The molecule has 2 aromatic heterocycles. The second-order valence-corrected chi connectivity index (χ2v) is 10.9. The summed E-state index contributed by atoms with van der Waals surface area (Å²) in [5.41, 5.74) is 4.44. The number of aryl methyl sites for hydroxylation is 1. The summed E-state index contributed by atoms with van der Waals surface area (Å²) >= 11 is 0. The predicted molar refractivity (Wildman–Crippen MR) is 183 cm³/mol. The third-order valence-corrected chi connectivity index (χ3v) is 6.97. The van der Waals surface area contributed by atoms with E-state index in [-0.39, 0.29) is 23.3 Å². The number of pyridine rings is 1. The largest absolute Gasteiger partial charge is 0.494 e. The third-order valence-electron chi connectivity index (χ3n) is 6.97. The number of aromatic amines is 2. The Morgan fingerprint density at radius 3 is 2.30 bits per heavy atom. The Morgan fingerprint density at radius 1 is 0.957 bits per heavy atom. The number of H-pyrrole nitrogens is 2. The third kappa shape index (κ3) is 9.69. The van der Waals surface area contributed by atoms with Crippen molar-refractivity contribution < 1.29 is 19.4 Å². The van der Waals surface area contributed by atoms with Gasteiger partial charge in [0.15, 0.2) is 0 Å². The molecule has 10 nitrogen and oxygen atoms in total. The Labute approximate surface area is 269 Å². The van der Waals surface area contributed by atoms with E-state index in [1.165, 1.54) is 10.8 Å². The number of benzene rings is 3. The molecule has 5 N–H and O–H groups in total. The fraction of sp³-hybridized carbons (Fsp3) is 0.306. The van der Waals surface area contributed by atoms with Gasteiger partial charge in [-0.05, 0) is 76.6 Å². The highest BCUT2D eigenvalue weighted by Gasteiger charge is 2.15. The number of hydrogen-bond donors (Lipinski definition) is 5. The summed E-state index contributed by atoms with van der Waals surface area (Å²) in [4.78, 5) is 27.5. The standard InChI is InChI=1S/C15H14N2O2.C14H13NO.C7H16N2O2/c1-3-19-13-6-4-11(5-7-13)14-8-12(9-16)15(18)17-10(14)2;1-2-16-13-9-5-8-12-14(13)10-6-3-4-7-11(10)15-12;1-7(2,5-8-6-11)9-3-4-10/h4-8H,3H2,1-2H3,(H,17,18);3-9,15H,2H2,1H3;6,9-10H,3-5H2,1-2H3,(H,8,11). The monoisotopic (exact) mass is 625 g/mol. The Morgan fingerprint density at radius 2 is 1.65 bits per heavy atom. The van der Waals surface area contributed by atoms with Crippen molar-refractivity contribution in [3.05, 3.63) is 94.4 Å². The number of fused-ring (bicyclic) bond motifs is 3. The number of ether oxygens (including phenoxy) is 2. The van der Waals surface area contributed by atoms with Gasteiger partial charge in [-0.1, -0.05) is 36.4 Å². The van der Waals surface area contributed by atoms with Crippen LogP contribution in [0.5, 0.6) is 11.5 Å². The van der Waals surface area contributed by atoms with Crippen molar-refractivity contribution in [2.75, 3.05) is 32.9 Å². The number of carbonyl (C=O) groups is 1. The molecule has 3 aromatic carbocycles. The number of nitriles is 1. The number of aliphatic hydroxyl groups excluding tert-OH is 1. The molecule has 0 aliphatic rings. The van der Waals surface area contributed by atoms with E-state index in [4.69, 9.17) is 19.8 Å². The summed E-state index contributed by atoms with van der Waals surface area (Å²) in [5.74, 6) is 1.76. The lowest BCUT2D eigenvalue weighted by atomic mass is 10.0. The number of β-amino-alcohol motifs (C(OH)–C–C–N with tert-alkyl or cyclic N) is 1. The van der Waals surface area contributed by atoms with Gasteiger partial charge in [0.25, 0.3) is 5.56 Å². The van der Waals surface area contributed by atoms with Gasteiger partial charge < -0.3 is 35.2 Å². The normalized spacial score (nSPS) is 10.6. The number of aliphatic hydroxyl groups is 1. The molecule has 0 saturated heterocycles. The highest BCUT2D eigenvalue weighted by Crippen LogP contribution is 2.32. The van der Waals surface area contributed by atoms with Crippen molar-refractivity contribution in [3.63, 3.8) is 0 Å². The van der Waals surface area contributed by atoms with Crippen molar-refractivity contribution in [1.29, 1.82) is 5.26 Å². The lowest BCUT2D eigenvalue weighted by molar-refractivity contribution is -0.109. The number of carbonyl (C=O) groups excluding carboxylic acids is 1. The maximum atomic E-state index is 11.5. The number of amides is 1. The zero-order chi connectivity index (χ0) is 33.5. The van der Waals surface area contributed by atoms with Crippen molar-refractivity contribution in [2.45, 2.75) is 40.2 Å². The van der Waals surface area contributed by atoms with Gasteiger partial charge in [-0.3, -0.25) is 9.59 Å². The molecule has 0 bridgehead atoms. The van der Waals surface area contributed by atoms with Crippen LogP contribution >= 0.6 is 0 Å². The number of rotatable bonds is 11. The molecular weight excluding hydrogens is 582 g/mol. The maximum absolute atomic E-state index is 11.5. The number of aromatic nitrogens is 2. The lowest BCUT2D eigenvalue weighted by Crippen LogP contribution is -2.48. The Hall–Kier alpha value is -5.11. The van der Waals surface area contributed by atoms with Gasteiger partial charge in [0, 0.05) is 46.2 Å². The van der Waals surface area contributed by atoms with Crippen LogP contribution in [0.2, 0.25) is 0 Å². The molecule has 0 fully saturated rings. The Bertz CT molecular complexity index is 1800. The minimum Gasteiger partial charge on any atom is -0.494 e. The molecule has 1 amide bonds. The number of nitrogens with one attached hydrogen (secondary N) is 4. The summed E-state index contributed by atoms with van der Waals surface area (Å²) in [7, 11) is 0. The molecule has 46 heavy (non-hydrogen) atoms. The second-order valence-electron chi connectivity index (χ2n) is 10.9. The first-order valence-corrected chi connectivity index (χ1v) is 15.2. The smallest absolute Gasteiger partial charge is 0.266 e. The van der Waals surface area contributed by atoms with E-state index < -0.39 is 0 Å². The summed E-state index contributed by atoms with van der Waals surface area (Å²) in [5, 5.41) is 25.5. The number of hydrogen-bond acceptors (Lipinski definition) is 7. The van der Waals surface area contributed by atoms with Crippen LogP contribution in [0, 0.1) is 18.3 Å². The van der Waals surface area contributed by atoms with Crippen LogP contribution in [-0.4, -0.2) is 59.9 Å². The van der Waals surface area contributed by atoms with Gasteiger partial charge in [0.2, 0.25) is 6.41 Å². The molecule has 10 heteroatoms. The number of nitrogens with zero attached hydrogens (tertiary/aromatic N) is 1. The van der Waals surface area contributed by atoms with Crippen LogP contribution in [0.15, 0.2) is 77.6 Å². The van der Waals surface area contributed by atoms with Gasteiger partial charge in [-0.25, -0.2) is 0 Å². The average molecular weight is 626 g/mol. The Kier molecular flexibility index (Phi) is 13.4. The van der Waals surface area contributed by atoms with E-state index in [1.54, 1.807) is 6.07 Å². The summed E-state index contributed by atoms with van der Waals surface area (Å²) in [6.07, 6.45) is 0.669. The van der Waals surface area contributed by atoms with E-state index in [0.29, 0.717) is 32.7 Å². The van der Waals surface area contributed by atoms with E-state index in [0.717, 1.165) is 39.4 Å². The SMILES string of the molecule is CC(C)(CNC=O)NCCO.CCOc1ccc(-c2cc(C#N)c(=O)[nH]c2C)cc1.CCOc1cccc2[nH]c3ccccc3c12. The van der Waals surface area contributed by atoms with Gasteiger partial charge >= 0.3 is 0 Å². The van der Waals surface area contributed by atoms with Gasteiger partial charge in [-0.15, -0.1) is 0 Å². The van der Waals surface area contributed by atoms with Gasteiger partial charge in [0.05, 0.1) is 25.3 Å². The molecule has 0 atom stereocenters. The molecule has 0 aliphatic heterocycles. The second kappa shape index (κ2) is 17.4. The fourth-order valence-corrected chi connectivity index (χ4v) is 4.80. The Balaban J connectivity index is 0.000000195. The van der Waals surface area contributed by atoms with Gasteiger partial charge in [-0.2, -0.15) is 5.26 Å². The molecule has 0 saturated carbocycles. The first-order chi connectivity index (χ1) is 22.2. The summed E-state index contributed by atoms with van der Waals surface area (Å²) < 4.78 is 11.0. The zero-order valence-electron chi connectivity index (χ0n) is 27.1. The molecule has 2 heterocycles. The molecule has 5 rings (SSSR count). The lowest BCUT2D eigenvalue weighted by Gasteiger charge is -2.25. The molecular formula is C36H43N5O5. The van der Waals surface area contributed by atoms with E-state index in [2.05, 4.69) is 44.9 Å². The van der Waals surface area contributed by atoms with Crippen LogP contribution in [0.3, 0.4) is 0 Å². The maximum Gasteiger partial charge on any atom is 0.266 e. The van der Waals surface area contributed by atoms with Crippen LogP contribution in [-0.2, 0) is 4.79 Å². The fourth-order valence-electron chi connectivity index (χ4n) is 4.80. The van der Waals surface area contributed by atoms with Crippen molar-refractivity contribution in [1.82, 2.24) is 20.6 Å². The topological polar surface area (TPSA) is 152 Å². The van der Waals surface area contributed by atoms with Crippen LogP contribution in [0.25, 0.3) is 32.9 Å². The van der Waals surface area contributed by atoms with Crippen LogP contribution < -0.4 is 25.7 Å². The molecule has 0 radical (unpaired) electrons. The van der Waals surface area contributed by atoms with E-state index in [1.807, 2.05) is 83.2 Å². The first kappa shape index (κ1) is 35.4. The average Bonchev–Trinajstić information content (AvgIpc) is 3.44. The molecule has 0 unspecified atom stereocenters.